The fourth-order valence-corrected chi connectivity index (χ4v) is 5.89. The van der Waals surface area contributed by atoms with Gasteiger partial charge in [-0.2, -0.15) is 5.26 Å². The molecule has 1 aliphatic heterocycles. The summed E-state index contributed by atoms with van der Waals surface area (Å²) in [4.78, 5) is 22.8. The first-order valence-electron chi connectivity index (χ1n) is 12.5. The summed E-state index contributed by atoms with van der Waals surface area (Å²) in [5.74, 6) is 0.596. The Hall–Kier alpha value is -3.41. The standard InChI is InChI=1S/C28H31N5O2S/c1-18(2)35-25-10-7-19(15-20(25)16-29)27-30-17-26(36-27)23-6-4-5-22-21(23)8-9-24(22)31-28(34)33-13-11-32(3)12-14-33/h4-7,10,15,17-18,24H,8-9,11-14H2,1-3H3,(H,31,34). The van der Waals surface area contributed by atoms with Crippen LogP contribution in [0.15, 0.2) is 42.6 Å². The number of benzene rings is 2. The maximum absolute atomic E-state index is 12.9. The lowest BCUT2D eigenvalue weighted by Gasteiger charge is -2.33. The summed E-state index contributed by atoms with van der Waals surface area (Å²) in [5.41, 5.74) is 5.08. The molecule has 2 aromatic carbocycles. The molecular formula is C28H31N5O2S. The minimum Gasteiger partial charge on any atom is -0.490 e. The molecule has 5 rings (SSSR count). The first-order valence-corrected chi connectivity index (χ1v) is 13.3. The number of amides is 2. The Balaban J connectivity index is 1.35. The molecule has 1 unspecified atom stereocenters. The molecule has 1 aromatic heterocycles. The fourth-order valence-electron chi connectivity index (χ4n) is 4.92. The van der Waals surface area contributed by atoms with E-state index in [-0.39, 0.29) is 18.2 Å². The van der Waals surface area contributed by atoms with Crippen molar-refractivity contribution in [1.29, 1.82) is 5.26 Å². The Morgan fingerprint density at radius 1 is 1.22 bits per heavy atom. The van der Waals surface area contributed by atoms with Crippen molar-refractivity contribution in [2.45, 2.75) is 38.8 Å². The number of nitriles is 1. The van der Waals surface area contributed by atoms with Crippen molar-refractivity contribution >= 4 is 17.4 Å². The Morgan fingerprint density at radius 2 is 2.03 bits per heavy atom. The van der Waals surface area contributed by atoms with E-state index in [0.717, 1.165) is 54.5 Å². The number of likely N-dealkylation sites (N-methyl/N-ethyl adjacent to an activating group) is 1. The predicted molar refractivity (Wildman–Crippen MR) is 142 cm³/mol. The maximum Gasteiger partial charge on any atom is 0.317 e. The topological polar surface area (TPSA) is 81.5 Å². The van der Waals surface area contributed by atoms with Crippen LogP contribution < -0.4 is 10.1 Å². The summed E-state index contributed by atoms with van der Waals surface area (Å²) >= 11 is 1.62. The third kappa shape index (κ3) is 4.95. The molecule has 0 spiro atoms. The molecule has 0 bridgehead atoms. The van der Waals surface area contributed by atoms with Crippen LogP contribution in [0.3, 0.4) is 0 Å². The molecule has 0 saturated carbocycles. The molecule has 1 saturated heterocycles. The molecule has 2 heterocycles. The van der Waals surface area contributed by atoms with Crippen LogP contribution in [0, 0.1) is 11.3 Å². The third-order valence-corrected chi connectivity index (χ3v) is 7.92. The van der Waals surface area contributed by atoms with Crippen LogP contribution in [0.1, 0.15) is 43.0 Å². The van der Waals surface area contributed by atoms with Crippen molar-refractivity contribution in [3.63, 3.8) is 0 Å². The van der Waals surface area contributed by atoms with Gasteiger partial charge < -0.3 is 19.9 Å². The summed E-state index contributed by atoms with van der Waals surface area (Å²) in [6.45, 7) is 7.25. The monoisotopic (exact) mass is 501 g/mol. The first kappa shape index (κ1) is 24.3. The van der Waals surface area contributed by atoms with Crippen molar-refractivity contribution in [3.05, 3.63) is 59.3 Å². The van der Waals surface area contributed by atoms with E-state index in [1.165, 1.54) is 16.7 Å². The largest absolute Gasteiger partial charge is 0.490 e. The van der Waals surface area contributed by atoms with Crippen molar-refractivity contribution in [2.24, 2.45) is 0 Å². The zero-order chi connectivity index (χ0) is 25.2. The molecule has 1 fully saturated rings. The Kier molecular flexibility index (Phi) is 6.95. The number of ether oxygens (including phenoxy) is 1. The number of rotatable bonds is 5. The van der Waals surface area contributed by atoms with E-state index in [4.69, 9.17) is 4.74 Å². The highest BCUT2D eigenvalue weighted by Crippen LogP contribution is 2.41. The number of thiazole rings is 1. The van der Waals surface area contributed by atoms with Gasteiger partial charge in [0.15, 0.2) is 0 Å². The minimum absolute atomic E-state index is 0.00441. The minimum atomic E-state index is 0.00441. The molecule has 1 atom stereocenters. The Bertz CT molecular complexity index is 1300. The average molecular weight is 502 g/mol. The zero-order valence-electron chi connectivity index (χ0n) is 21.0. The van der Waals surface area contributed by atoms with Gasteiger partial charge in [-0.3, -0.25) is 0 Å². The molecule has 36 heavy (non-hydrogen) atoms. The average Bonchev–Trinajstić information content (AvgIpc) is 3.52. The van der Waals surface area contributed by atoms with Crippen LogP contribution in [-0.4, -0.2) is 60.1 Å². The zero-order valence-corrected chi connectivity index (χ0v) is 21.8. The quantitative estimate of drug-likeness (QED) is 0.527. The van der Waals surface area contributed by atoms with Gasteiger partial charge in [-0.05, 0) is 68.6 Å². The number of hydrogen-bond acceptors (Lipinski definition) is 6. The number of aromatic nitrogens is 1. The van der Waals surface area contributed by atoms with Gasteiger partial charge in [-0.1, -0.05) is 18.2 Å². The van der Waals surface area contributed by atoms with Crippen molar-refractivity contribution < 1.29 is 9.53 Å². The Morgan fingerprint density at radius 3 is 2.78 bits per heavy atom. The number of nitrogens with zero attached hydrogens (tertiary/aromatic N) is 4. The maximum atomic E-state index is 12.9. The van der Waals surface area contributed by atoms with E-state index in [9.17, 15) is 10.1 Å². The lowest BCUT2D eigenvalue weighted by molar-refractivity contribution is 0.151. The van der Waals surface area contributed by atoms with E-state index in [1.54, 1.807) is 11.3 Å². The summed E-state index contributed by atoms with van der Waals surface area (Å²) in [7, 11) is 2.09. The summed E-state index contributed by atoms with van der Waals surface area (Å²) < 4.78 is 5.76. The number of piperazine rings is 1. The van der Waals surface area contributed by atoms with Gasteiger partial charge in [-0.25, -0.2) is 9.78 Å². The van der Waals surface area contributed by atoms with E-state index in [1.807, 2.05) is 43.1 Å². The molecule has 1 N–H and O–H groups in total. The number of fused-ring (bicyclic) bond motifs is 1. The van der Waals surface area contributed by atoms with Gasteiger partial charge in [0.25, 0.3) is 0 Å². The highest BCUT2D eigenvalue weighted by atomic mass is 32.1. The van der Waals surface area contributed by atoms with Gasteiger partial charge >= 0.3 is 6.03 Å². The van der Waals surface area contributed by atoms with Gasteiger partial charge in [0.1, 0.15) is 16.8 Å². The van der Waals surface area contributed by atoms with Crippen LogP contribution in [0.4, 0.5) is 4.79 Å². The number of carbonyl (C=O) groups is 1. The van der Waals surface area contributed by atoms with E-state index < -0.39 is 0 Å². The van der Waals surface area contributed by atoms with Crippen LogP contribution in [0.25, 0.3) is 21.0 Å². The second-order valence-corrected chi connectivity index (χ2v) is 10.8. The van der Waals surface area contributed by atoms with Crippen LogP contribution in [0.5, 0.6) is 5.75 Å². The molecule has 7 nitrogen and oxygen atoms in total. The summed E-state index contributed by atoms with van der Waals surface area (Å²) in [5, 5.41) is 13.7. The molecule has 186 valence electrons. The normalized spacial score (nSPS) is 17.6. The molecule has 3 aromatic rings. The van der Waals surface area contributed by atoms with Crippen molar-refractivity contribution in [3.8, 4) is 32.8 Å². The molecule has 8 heteroatoms. The van der Waals surface area contributed by atoms with Crippen LogP contribution >= 0.6 is 11.3 Å². The lowest BCUT2D eigenvalue weighted by atomic mass is 10.0. The van der Waals surface area contributed by atoms with Crippen molar-refractivity contribution in [2.75, 3.05) is 33.2 Å². The number of nitrogens with one attached hydrogen (secondary N) is 1. The first-order chi connectivity index (χ1) is 17.4. The third-order valence-electron chi connectivity index (χ3n) is 6.84. The summed E-state index contributed by atoms with van der Waals surface area (Å²) in [6, 6.07) is 14.3. The molecule has 2 amide bonds. The second kappa shape index (κ2) is 10.3. The predicted octanol–water partition coefficient (Wildman–Crippen LogP) is 5.08. The number of carbonyl (C=O) groups excluding carboxylic acids is 1. The second-order valence-electron chi connectivity index (χ2n) is 9.72. The SMILES string of the molecule is CC(C)Oc1ccc(-c2ncc(-c3cccc4c3CCC4NC(=O)N3CCN(C)CC3)s2)cc1C#N. The van der Waals surface area contributed by atoms with Crippen LogP contribution in [-0.2, 0) is 6.42 Å². The smallest absolute Gasteiger partial charge is 0.317 e. The van der Waals surface area contributed by atoms with E-state index >= 15 is 0 Å². The van der Waals surface area contributed by atoms with E-state index in [0.29, 0.717) is 11.3 Å². The van der Waals surface area contributed by atoms with Gasteiger partial charge in [0.2, 0.25) is 0 Å². The highest BCUT2D eigenvalue weighted by Gasteiger charge is 2.29. The van der Waals surface area contributed by atoms with E-state index in [2.05, 4.69) is 46.5 Å². The number of hydrogen-bond donors (Lipinski definition) is 1. The van der Waals surface area contributed by atoms with Gasteiger partial charge in [-0.15, -0.1) is 11.3 Å². The molecular weight excluding hydrogens is 470 g/mol. The van der Waals surface area contributed by atoms with Crippen molar-refractivity contribution in [1.82, 2.24) is 20.1 Å². The number of urea groups is 1. The van der Waals surface area contributed by atoms with Crippen LogP contribution in [0.2, 0.25) is 0 Å². The highest BCUT2D eigenvalue weighted by molar-refractivity contribution is 7.18. The lowest BCUT2D eigenvalue weighted by Crippen LogP contribution is -2.51. The molecule has 1 aliphatic carbocycles. The Labute approximate surface area is 216 Å². The van der Waals surface area contributed by atoms with Gasteiger partial charge in [0.05, 0.1) is 22.6 Å². The summed E-state index contributed by atoms with van der Waals surface area (Å²) in [6.07, 6.45) is 3.74. The van der Waals surface area contributed by atoms with Gasteiger partial charge in [0, 0.05) is 37.9 Å². The fraction of sp³-hybridized carbons (Fsp3) is 0.393. The molecule has 2 aliphatic rings. The molecule has 0 radical (unpaired) electrons.